The van der Waals surface area contributed by atoms with Crippen molar-refractivity contribution in [2.24, 2.45) is 0 Å². The van der Waals surface area contributed by atoms with Crippen LogP contribution in [0.5, 0.6) is 0 Å². The van der Waals surface area contributed by atoms with Crippen molar-refractivity contribution >= 4 is 32.7 Å². The lowest BCUT2D eigenvalue weighted by molar-refractivity contribution is -0.0336. The summed E-state index contributed by atoms with van der Waals surface area (Å²) in [5, 5.41) is 9.71. The Bertz CT molecular complexity index is 399. The summed E-state index contributed by atoms with van der Waals surface area (Å²) in [4.78, 5) is 0. The summed E-state index contributed by atoms with van der Waals surface area (Å²) >= 11 is 1.52. The largest absolute Gasteiger partial charge is 0.353 e. The minimum absolute atomic E-state index is 0.381. The van der Waals surface area contributed by atoms with Crippen LogP contribution < -0.4 is 0 Å². The first-order valence-corrected chi connectivity index (χ1v) is 6.58. The molecule has 0 saturated heterocycles. The number of halogens is 1. The molecule has 0 bridgehead atoms. The van der Waals surface area contributed by atoms with Crippen molar-refractivity contribution in [3.8, 4) is 0 Å². The van der Waals surface area contributed by atoms with Crippen molar-refractivity contribution in [2.45, 2.75) is 3.79 Å². The highest BCUT2D eigenvalue weighted by atomic mass is 127. The predicted molar refractivity (Wildman–Crippen MR) is 60.3 cm³/mol. The van der Waals surface area contributed by atoms with Gasteiger partial charge in [-0.25, -0.2) is 4.18 Å². The zero-order valence-corrected chi connectivity index (χ0v) is 10.3. The van der Waals surface area contributed by atoms with Crippen molar-refractivity contribution in [3.63, 3.8) is 0 Å². The lowest BCUT2D eigenvalue weighted by atomic mass is 10.2. The van der Waals surface area contributed by atoms with E-state index in [2.05, 4.69) is 4.18 Å². The lowest BCUT2D eigenvalue weighted by Crippen LogP contribution is -2.24. The number of hydrogen-bond donors (Lipinski definition) is 1. The van der Waals surface area contributed by atoms with Gasteiger partial charge in [0.05, 0.1) is 6.26 Å². The normalized spacial score (nSPS) is 16.2. The number of rotatable bonds is 3. The van der Waals surface area contributed by atoms with Gasteiger partial charge in [-0.05, 0) is 22.6 Å². The van der Waals surface area contributed by atoms with Gasteiger partial charge in [0.15, 0.2) is 0 Å². The molecular weight excluding hydrogens is 319 g/mol. The fourth-order valence-electron chi connectivity index (χ4n) is 0.892. The van der Waals surface area contributed by atoms with Crippen molar-refractivity contribution in [2.75, 3.05) is 6.26 Å². The molecule has 0 aliphatic rings. The standard InChI is InChI=1S/C8H9IO4S/c1-14(11,12)13-8(9,10)7-5-3-2-4-6-7/h2-6,10H,1H3. The van der Waals surface area contributed by atoms with Gasteiger partial charge in [-0.2, -0.15) is 8.42 Å². The fourth-order valence-corrected chi connectivity index (χ4v) is 2.73. The zero-order valence-electron chi connectivity index (χ0n) is 7.34. The molecular formula is C8H9IO4S. The maximum Gasteiger partial charge on any atom is 0.267 e. The summed E-state index contributed by atoms with van der Waals surface area (Å²) in [7, 11) is -3.69. The maximum absolute atomic E-state index is 10.8. The molecule has 4 nitrogen and oxygen atoms in total. The summed E-state index contributed by atoms with van der Waals surface area (Å²) in [5.41, 5.74) is 0.381. The third-order valence-corrected chi connectivity index (χ3v) is 3.08. The predicted octanol–water partition coefficient (Wildman–Crippen LogP) is 1.20. The molecule has 14 heavy (non-hydrogen) atoms. The van der Waals surface area contributed by atoms with E-state index in [0.29, 0.717) is 5.56 Å². The smallest absolute Gasteiger partial charge is 0.267 e. The molecule has 1 atom stereocenters. The zero-order chi connectivity index (χ0) is 10.8. The van der Waals surface area contributed by atoms with Crippen LogP contribution in [0.2, 0.25) is 0 Å². The molecule has 6 heteroatoms. The number of alkyl halides is 1. The molecule has 0 saturated carbocycles. The van der Waals surface area contributed by atoms with Crippen LogP contribution in [0.15, 0.2) is 30.3 Å². The Kier molecular flexibility index (Phi) is 3.51. The second-order valence-electron chi connectivity index (χ2n) is 2.71. The van der Waals surface area contributed by atoms with E-state index in [0.717, 1.165) is 6.26 Å². The molecule has 0 radical (unpaired) electrons. The van der Waals surface area contributed by atoms with Crippen molar-refractivity contribution < 1.29 is 17.7 Å². The van der Waals surface area contributed by atoms with Gasteiger partial charge >= 0.3 is 0 Å². The SMILES string of the molecule is CS(=O)(=O)OC(O)(I)c1ccccc1. The minimum atomic E-state index is -3.69. The molecule has 0 spiro atoms. The highest BCUT2D eigenvalue weighted by molar-refractivity contribution is 14.1. The molecule has 78 valence electrons. The van der Waals surface area contributed by atoms with E-state index >= 15 is 0 Å². The van der Waals surface area contributed by atoms with Gasteiger partial charge in [0.25, 0.3) is 13.9 Å². The van der Waals surface area contributed by atoms with Gasteiger partial charge < -0.3 is 5.11 Å². The van der Waals surface area contributed by atoms with Crippen molar-refractivity contribution in [1.82, 2.24) is 0 Å². The Morgan fingerprint density at radius 1 is 1.36 bits per heavy atom. The average Bonchev–Trinajstić information content (AvgIpc) is 2.01. The summed E-state index contributed by atoms with van der Waals surface area (Å²) in [5.74, 6) is 0. The van der Waals surface area contributed by atoms with Crippen LogP contribution in [0, 0.1) is 0 Å². The lowest BCUT2D eigenvalue weighted by Gasteiger charge is -2.19. The summed E-state index contributed by atoms with van der Waals surface area (Å²) in [6, 6.07) is 8.29. The first-order chi connectivity index (χ1) is 6.31. The monoisotopic (exact) mass is 328 g/mol. The Morgan fingerprint density at radius 3 is 2.29 bits per heavy atom. The van der Waals surface area contributed by atoms with Crippen LogP contribution in [0.4, 0.5) is 0 Å². The Labute approximate surface area is 96.2 Å². The molecule has 0 amide bonds. The fraction of sp³-hybridized carbons (Fsp3) is 0.250. The number of aliphatic hydroxyl groups is 1. The molecule has 1 unspecified atom stereocenters. The van der Waals surface area contributed by atoms with Crippen molar-refractivity contribution in [1.29, 1.82) is 0 Å². The first-order valence-electron chi connectivity index (χ1n) is 3.69. The molecule has 1 N–H and O–H groups in total. The van der Waals surface area contributed by atoms with E-state index in [1.165, 1.54) is 22.6 Å². The van der Waals surface area contributed by atoms with Gasteiger partial charge in [-0.3, -0.25) is 0 Å². The molecule has 1 aromatic rings. The van der Waals surface area contributed by atoms with Gasteiger partial charge in [0, 0.05) is 5.56 Å². The van der Waals surface area contributed by atoms with Crippen molar-refractivity contribution in [3.05, 3.63) is 35.9 Å². The van der Waals surface area contributed by atoms with Gasteiger partial charge in [-0.15, -0.1) is 0 Å². The van der Waals surface area contributed by atoms with Crippen LogP contribution in [0.3, 0.4) is 0 Å². The number of hydrogen-bond acceptors (Lipinski definition) is 4. The molecule has 1 aromatic carbocycles. The van der Waals surface area contributed by atoms with E-state index in [9.17, 15) is 13.5 Å². The third kappa shape index (κ3) is 3.52. The molecule has 0 aliphatic heterocycles. The highest BCUT2D eigenvalue weighted by Crippen LogP contribution is 2.31. The van der Waals surface area contributed by atoms with E-state index in [1.54, 1.807) is 30.3 Å². The maximum atomic E-state index is 10.8. The Morgan fingerprint density at radius 2 is 1.86 bits per heavy atom. The topological polar surface area (TPSA) is 63.6 Å². The molecule has 0 heterocycles. The second-order valence-corrected chi connectivity index (χ2v) is 5.75. The van der Waals surface area contributed by atoms with E-state index < -0.39 is 13.9 Å². The molecule has 1 rings (SSSR count). The quantitative estimate of drug-likeness (QED) is 0.392. The van der Waals surface area contributed by atoms with Crippen LogP contribution >= 0.6 is 22.6 Å². The average molecular weight is 328 g/mol. The van der Waals surface area contributed by atoms with Gasteiger partial charge in [0.2, 0.25) is 0 Å². The van der Waals surface area contributed by atoms with Gasteiger partial charge in [0.1, 0.15) is 0 Å². The Balaban J connectivity index is 2.97. The highest BCUT2D eigenvalue weighted by Gasteiger charge is 2.30. The van der Waals surface area contributed by atoms with Crippen LogP contribution in [0.1, 0.15) is 5.56 Å². The first kappa shape index (κ1) is 11.9. The summed E-state index contributed by atoms with van der Waals surface area (Å²) in [6.45, 7) is 0. The minimum Gasteiger partial charge on any atom is -0.353 e. The van der Waals surface area contributed by atoms with Crippen LogP contribution in [0.25, 0.3) is 0 Å². The molecule has 0 aliphatic carbocycles. The third-order valence-electron chi connectivity index (χ3n) is 1.39. The second kappa shape index (κ2) is 4.13. The number of benzene rings is 1. The van der Waals surface area contributed by atoms with Crippen LogP contribution in [-0.2, 0) is 18.1 Å². The molecule has 0 aromatic heterocycles. The Hall–Kier alpha value is -0.180. The van der Waals surface area contributed by atoms with E-state index in [1.807, 2.05) is 0 Å². The molecule has 0 fully saturated rings. The van der Waals surface area contributed by atoms with Crippen LogP contribution in [-0.4, -0.2) is 19.8 Å². The summed E-state index contributed by atoms with van der Waals surface area (Å²) < 4.78 is 24.4. The van der Waals surface area contributed by atoms with E-state index in [-0.39, 0.29) is 0 Å². The van der Waals surface area contributed by atoms with E-state index in [4.69, 9.17) is 0 Å². The van der Waals surface area contributed by atoms with Gasteiger partial charge in [-0.1, -0.05) is 30.3 Å². The summed E-state index contributed by atoms with van der Waals surface area (Å²) in [6.07, 6.45) is 0.888.